The molecule has 1 fully saturated rings. The Labute approximate surface area is 93.5 Å². The van der Waals surface area contributed by atoms with Crippen LogP contribution in [0.1, 0.15) is 33.6 Å². The maximum absolute atomic E-state index is 9.17. The summed E-state index contributed by atoms with van der Waals surface area (Å²) in [6, 6.07) is 2.39. The Morgan fingerprint density at radius 1 is 1.47 bits per heavy atom. The van der Waals surface area contributed by atoms with E-state index in [1.165, 1.54) is 19.4 Å². The minimum Gasteiger partial charge on any atom is -0.300 e. The molecule has 0 saturated heterocycles. The Balaban J connectivity index is 2.42. The van der Waals surface area contributed by atoms with E-state index in [1.807, 2.05) is 13.8 Å². The molecule has 0 amide bonds. The summed E-state index contributed by atoms with van der Waals surface area (Å²) in [6.07, 6.45) is 2.75. The van der Waals surface area contributed by atoms with Gasteiger partial charge in [0.15, 0.2) is 0 Å². The summed E-state index contributed by atoms with van der Waals surface area (Å²) < 4.78 is 0. The van der Waals surface area contributed by atoms with E-state index in [2.05, 4.69) is 23.2 Å². The van der Waals surface area contributed by atoms with Crippen LogP contribution in [0.25, 0.3) is 0 Å². The lowest BCUT2D eigenvalue weighted by Crippen LogP contribution is -2.50. The van der Waals surface area contributed by atoms with E-state index in [0.29, 0.717) is 0 Å². The van der Waals surface area contributed by atoms with Gasteiger partial charge in [-0.3, -0.25) is 5.32 Å². The molecule has 0 spiro atoms. The highest BCUT2D eigenvalue weighted by atomic mass is 15.2. The highest BCUT2D eigenvalue weighted by molar-refractivity contribution is 5.05. The second kappa shape index (κ2) is 5.48. The molecule has 0 radical (unpaired) electrons. The zero-order valence-electron chi connectivity index (χ0n) is 10.2. The first-order valence-electron chi connectivity index (χ1n) is 6.02. The molecule has 1 rings (SSSR count). The first-order chi connectivity index (χ1) is 7.13. The summed E-state index contributed by atoms with van der Waals surface area (Å²) in [6.45, 7) is 10.1. The molecule has 0 aromatic carbocycles. The van der Waals surface area contributed by atoms with Crippen LogP contribution in [0.5, 0.6) is 0 Å². The van der Waals surface area contributed by atoms with Crippen LogP contribution in [0.4, 0.5) is 0 Å². The molecule has 0 aromatic heterocycles. The Bertz CT molecular complexity index is 230. The van der Waals surface area contributed by atoms with Crippen molar-refractivity contribution in [3.05, 3.63) is 0 Å². The third-order valence-electron chi connectivity index (χ3n) is 3.01. The fourth-order valence-electron chi connectivity index (χ4n) is 1.94. The number of rotatable bonds is 7. The van der Waals surface area contributed by atoms with Gasteiger partial charge in [0.2, 0.25) is 0 Å². The van der Waals surface area contributed by atoms with Gasteiger partial charge >= 0.3 is 0 Å². The standard InChI is InChI=1S/C12H23N3/c1-4-14-12(3,9-13)10-15(5-2)8-11-6-7-11/h11,14H,4-8,10H2,1-3H3. The summed E-state index contributed by atoms with van der Waals surface area (Å²) in [5.41, 5.74) is -0.389. The summed E-state index contributed by atoms with van der Waals surface area (Å²) in [7, 11) is 0. The Morgan fingerprint density at radius 3 is 2.53 bits per heavy atom. The van der Waals surface area contributed by atoms with Crippen LogP contribution in [0.2, 0.25) is 0 Å². The van der Waals surface area contributed by atoms with Crippen LogP contribution in [-0.4, -0.2) is 36.6 Å². The SMILES string of the molecule is CCNC(C)(C#N)CN(CC)CC1CC1. The second-order valence-electron chi connectivity index (χ2n) is 4.75. The van der Waals surface area contributed by atoms with Crippen molar-refractivity contribution in [1.29, 1.82) is 5.26 Å². The number of hydrogen-bond acceptors (Lipinski definition) is 3. The Hall–Kier alpha value is -0.590. The van der Waals surface area contributed by atoms with Crippen LogP contribution in [0.3, 0.4) is 0 Å². The van der Waals surface area contributed by atoms with Crippen molar-refractivity contribution in [2.45, 2.75) is 39.2 Å². The predicted octanol–water partition coefficient (Wildman–Crippen LogP) is 1.61. The van der Waals surface area contributed by atoms with Gasteiger partial charge in [-0.15, -0.1) is 0 Å². The minimum atomic E-state index is -0.389. The minimum absolute atomic E-state index is 0.389. The maximum atomic E-state index is 9.17. The zero-order chi connectivity index (χ0) is 11.3. The number of hydrogen-bond donors (Lipinski definition) is 1. The normalized spacial score (nSPS) is 19.9. The molecule has 3 heteroatoms. The van der Waals surface area contributed by atoms with Gasteiger partial charge in [-0.2, -0.15) is 5.26 Å². The van der Waals surface area contributed by atoms with E-state index in [9.17, 15) is 5.26 Å². The van der Waals surface area contributed by atoms with Gasteiger partial charge in [0.05, 0.1) is 6.07 Å². The molecule has 0 aliphatic heterocycles. The lowest BCUT2D eigenvalue weighted by atomic mass is 10.0. The van der Waals surface area contributed by atoms with Gasteiger partial charge in [0, 0.05) is 13.1 Å². The van der Waals surface area contributed by atoms with Gasteiger partial charge < -0.3 is 4.90 Å². The van der Waals surface area contributed by atoms with Crippen LogP contribution < -0.4 is 5.32 Å². The van der Waals surface area contributed by atoms with Gasteiger partial charge in [-0.25, -0.2) is 0 Å². The van der Waals surface area contributed by atoms with Crippen molar-refractivity contribution in [2.24, 2.45) is 5.92 Å². The molecule has 1 aliphatic carbocycles. The number of nitrogens with zero attached hydrogens (tertiary/aromatic N) is 2. The van der Waals surface area contributed by atoms with Crippen molar-refractivity contribution < 1.29 is 0 Å². The van der Waals surface area contributed by atoms with E-state index in [1.54, 1.807) is 0 Å². The molecule has 1 saturated carbocycles. The van der Waals surface area contributed by atoms with E-state index < -0.39 is 0 Å². The van der Waals surface area contributed by atoms with Crippen molar-refractivity contribution >= 4 is 0 Å². The largest absolute Gasteiger partial charge is 0.300 e. The van der Waals surface area contributed by atoms with Gasteiger partial charge in [0.25, 0.3) is 0 Å². The molecule has 1 aliphatic rings. The molecular formula is C12H23N3. The van der Waals surface area contributed by atoms with Crippen molar-refractivity contribution in [3.8, 4) is 6.07 Å². The summed E-state index contributed by atoms with van der Waals surface area (Å²) in [5.74, 6) is 0.898. The van der Waals surface area contributed by atoms with E-state index in [4.69, 9.17) is 0 Å². The zero-order valence-corrected chi connectivity index (χ0v) is 10.2. The summed E-state index contributed by atoms with van der Waals surface area (Å²) in [5, 5.41) is 12.4. The second-order valence-corrected chi connectivity index (χ2v) is 4.75. The molecule has 1 unspecified atom stereocenters. The third-order valence-corrected chi connectivity index (χ3v) is 3.01. The fourth-order valence-corrected chi connectivity index (χ4v) is 1.94. The molecular weight excluding hydrogens is 186 g/mol. The maximum Gasteiger partial charge on any atom is 0.116 e. The summed E-state index contributed by atoms with van der Waals surface area (Å²) in [4.78, 5) is 2.39. The van der Waals surface area contributed by atoms with Crippen molar-refractivity contribution in [1.82, 2.24) is 10.2 Å². The Kier molecular flexibility index (Phi) is 4.56. The lowest BCUT2D eigenvalue weighted by Gasteiger charge is -2.30. The molecule has 86 valence electrons. The van der Waals surface area contributed by atoms with Gasteiger partial charge in [-0.1, -0.05) is 13.8 Å². The number of nitriles is 1. The monoisotopic (exact) mass is 209 g/mol. The first kappa shape index (κ1) is 12.5. The topological polar surface area (TPSA) is 39.1 Å². The highest BCUT2D eigenvalue weighted by Gasteiger charge is 2.29. The van der Waals surface area contributed by atoms with E-state index in [-0.39, 0.29) is 5.54 Å². The average molecular weight is 209 g/mol. The molecule has 0 heterocycles. The molecule has 1 N–H and O–H groups in total. The fraction of sp³-hybridized carbons (Fsp3) is 0.917. The number of nitrogens with one attached hydrogen (secondary N) is 1. The lowest BCUT2D eigenvalue weighted by molar-refractivity contribution is 0.223. The third kappa shape index (κ3) is 4.19. The quantitative estimate of drug-likeness (QED) is 0.692. The van der Waals surface area contributed by atoms with Crippen molar-refractivity contribution in [3.63, 3.8) is 0 Å². The van der Waals surface area contributed by atoms with Crippen LogP contribution >= 0.6 is 0 Å². The van der Waals surface area contributed by atoms with Crippen molar-refractivity contribution in [2.75, 3.05) is 26.2 Å². The Morgan fingerprint density at radius 2 is 2.13 bits per heavy atom. The summed E-state index contributed by atoms with van der Waals surface area (Å²) >= 11 is 0. The van der Waals surface area contributed by atoms with Crippen LogP contribution in [0.15, 0.2) is 0 Å². The van der Waals surface area contributed by atoms with Gasteiger partial charge in [-0.05, 0) is 38.8 Å². The molecule has 15 heavy (non-hydrogen) atoms. The van der Waals surface area contributed by atoms with Crippen LogP contribution in [-0.2, 0) is 0 Å². The average Bonchev–Trinajstić information content (AvgIpc) is 3.01. The molecule has 0 bridgehead atoms. The van der Waals surface area contributed by atoms with Crippen LogP contribution in [0, 0.1) is 17.2 Å². The molecule has 0 aromatic rings. The smallest absolute Gasteiger partial charge is 0.116 e. The molecule has 3 nitrogen and oxygen atoms in total. The van der Waals surface area contributed by atoms with E-state index >= 15 is 0 Å². The highest BCUT2D eigenvalue weighted by Crippen LogP contribution is 2.29. The first-order valence-corrected chi connectivity index (χ1v) is 6.02. The molecule has 1 atom stereocenters. The van der Waals surface area contributed by atoms with Gasteiger partial charge in [0.1, 0.15) is 5.54 Å². The number of likely N-dealkylation sites (N-methyl/N-ethyl adjacent to an activating group) is 2. The van der Waals surface area contributed by atoms with E-state index in [0.717, 1.165) is 25.6 Å². The predicted molar refractivity (Wildman–Crippen MR) is 62.5 cm³/mol.